The molecular weight excluding hydrogens is 380 g/mol. The van der Waals surface area contributed by atoms with Gasteiger partial charge in [0.15, 0.2) is 11.5 Å². The number of benzene rings is 1. The fourth-order valence-corrected chi connectivity index (χ4v) is 2.87. The highest BCUT2D eigenvalue weighted by molar-refractivity contribution is 5.88. The smallest absolute Gasteiger partial charge is 0.162 e. The minimum absolute atomic E-state index is 0.634. The van der Waals surface area contributed by atoms with Crippen molar-refractivity contribution in [3.05, 3.63) is 59.7 Å². The number of fused-ring (bicyclic) bond motifs is 1. The number of pyridine rings is 1. The maximum atomic E-state index is 6.00. The Morgan fingerprint density at radius 2 is 1.80 bits per heavy atom. The lowest BCUT2D eigenvalue weighted by Gasteiger charge is -2.13. The Hall–Kier alpha value is -2.99. The van der Waals surface area contributed by atoms with E-state index < -0.39 is 0 Å². The molecule has 0 aliphatic heterocycles. The molecule has 1 heterocycles. The standard InChI is InChI=1S/C24H32N2O4/c1-7-18(3)20(25-10-8-12-27-4)13-17(2)16-30-22-9-11-26-21-15-24(29-6)23(28-5)14-19(21)22/h7,9,11,13-16,25H,8,10,12H2,1-6H3/b17-16+,18-7-,20-13+. The van der Waals surface area contributed by atoms with E-state index in [1.807, 2.05) is 32.0 Å². The highest BCUT2D eigenvalue weighted by Gasteiger charge is 2.10. The minimum atomic E-state index is 0.634. The van der Waals surface area contributed by atoms with Gasteiger partial charge in [-0.15, -0.1) is 0 Å². The van der Waals surface area contributed by atoms with Crippen molar-refractivity contribution >= 4 is 10.9 Å². The predicted molar refractivity (Wildman–Crippen MR) is 121 cm³/mol. The molecule has 0 saturated carbocycles. The zero-order chi connectivity index (χ0) is 21.9. The molecule has 0 bridgehead atoms. The Kier molecular flexibility index (Phi) is 9.22. The van der Waals surface area contributed by atoms with E-state index in [0.717, 1.165) is 41.7 Å². The number of nitrogens with zero attached hydrogens (tertiary/aromatic N) is 1. The van der Waals surface area contributed by atoms with Crippen LogP contribution in [0.15, 0.2) is 59.7 Å². The van der Waals surface area contributed by atoms with Gasteiger partial charge in [-0.2, -0.15) is 0 Å². The Labute approximate surface area is 179 Å². The Bertz CT molecular complexity index is 932. The molecule has 0 amide bonds. The Balaban J connectivity index is 2.25. The van der Waals surface area contributed by atoms with E-state index in [-0.39, 0.29) is 0 Å². The number of methoxy groups -OCH3 is 3. The maximum Gasteiger partial charge on any atom is 0.162 e. The van der Waals surface area contributed by atoms with Crippen molar-refractivity contribution in [2.45, 2.75) is 27.2 Å². The molecule has 0 saturated heterocycles. The van der Waals surface area contributed by atoms with E-state index in [1.165, 1.54) is 5.57 Å². The van der Waals surface area contributed by atoms with Crippen molar-refractivity contribution in [1.82, 2.24) is 10.3 Å². The molecule has 0 spiro atoms. The SMILES string of the molecule is C\C=C(C)/C(=C\C(C)=C\Oc1ccnc2cc(OC)c(OC)cc12)NCCCOC. The summed E-state index contributed by atoms with van der Waals surface area (Å²) in [6, 6.07) is 5.56. The van der Waals surface area contributed by atoms with Crippen molar-refractivity contribution in [3.8, 4) is 17.2 Å². The fraction of sp³-hybridized carbons (Fsp3) is 0.375. The average Bonchev–Trinajstić information content (AvgIpc) is 2.77. The molecule has 0 unspecified atom stereocenters. The molecule has 30 heavy (non-hydrogen) atoms. The molecule has 162 valence electrons. The Morgan fingerprint density at radius 1 is 1.07 bits per heavy atom. The molecule has 1 aromatic heterocycles. The minimum Gasteiger partial charge on any atom is -0.493 e. The summed E-state index contributed by atoms with van der Waals surface area (Å²) in [4.78, 5) is 4.41. The first-order valence-corrected chi connectivity index (χ1v) is 9.96. The highest BCUT2D eigenvalue weighted by Crippen LogP contribution is 2.35. The van der Waals surface area contributed by atoms with Gasteiger partial charge >= 0.3 is 0 Å². The van der Waals surface area contributed by atoms with Crippen LogP contribution in [-0.2, 0) is 4.74 Å². The van der Waals surface area contributed by atoms with Crippen LogP contribution in [0.2, 0.25) is 0 Å². The van der Waals surface area contributed by atoms with Crippen molar-refractivity contribution in [1.29, 1.82) is 0 Å². The van der Waals surface area contributed by atoms with Crippen molar-refractivity contribution in [2.75, 3.05) is 34.5 Å². The van der Waals surface area contributed by atoms with Crippen LogP contribution >= 0.6 is 0 Å². The van der Waals surface area contributed by atoms with Crippen LogP contribution in [0.25, 0.3) is 10.9 Å². The lowest BCUT2D eigenvalue weighted by atomic mass is 10.1. The molecule has 2 rings (SSSR count). The second-order valence-electron chi connectivity index (χ2n) is 6.82. The lowest BCUT2D eigenvalue weighted by molar-refractivity contribution is 0.195. The average molecular weight is 413 g/mol. The monoisotopic (exact) mass is 412 g/mol. The topological polar surface area (TPSA) is 61.8 Å². The summed E-state index contributed by atoms with van der Waals surface area (Å²) >= 11 is 0. The first-order valence-electron chi connectivity index (χ1n) is 9.96. The van der Waals surface area contributed by atoms with Crippen LogP contribution in [0.4, 0.5) is 0 Å². The van der Waals surface area contributed by atoms with Crippen LogP contribution in [0.1, 0.15) is 27.2 Å². The number of hydrogen-bond acceptors (Lipinski definition) is 6. The second-order valence-corrected chi connectivity index (χ2v) is 6.82. The van der Waals surface area contributed by atoms with Gasteiger partial charge in [-0.05, 0) is 56.5 Å². The number of hydrogen-bond donors (Lipinski definition) is 1. The number of rotatable bonds is 11. The third-order valence-electron chi connectivity index (χ3n) is 4.65. The van der Waals surface area contributed by atoms with Gasteiger partial charge in [0.05, 0.1) is 26.0 Å². The lowest BCUT2D eigenvalue weighted by Crippen LogP contribution is -2.17. The summed E-state index contributed by atoms with van der Waals surface area (Å²) in [5.74, 6) is 1.97. The maximum absolute atomic E-state index is 6.00. The van der Waals surface area contributed by atoms with Gasteiger partial charge < -0.3 is 24.3 Å². The van der Waals surface area contributed by atoms with Gasteiger partial charge in [0, 0.05) is 43.6 Å². The van der Waals surface area contributed by atoms with Gasteiger partial charge in [-0.25, -0.2) is 0 Å². The Morgan fingerprint density at radius 3 is 2.47 bits per heavy atom. The summed E-state index contributed by atoms with van der Waals surface area (Å²) in [6.45, 7) is 7.69. The zero-order valence-corrected chi connectivity index (χ0v) is 18.7. The van der Waals surface area contributed by atoms with E-state index in [4.69, 9.17) is 18.9 Å². The van der Waals surface area contributed by atoms with Crippen LogP contribution in [0.5, 0.6) is 17.2 Å². The number of ether oxygens (including phenoxy) is 4. The number of nitrogens with one attached hydrogen (secondary N) is 1. The zero-order valence-electron chi connectivity index (χ0n) is 18.7. The summed E-state index contributed by atoms with van der Waals surface area (Å²) in [7, 11) is 4.93. The van der Waals surface area contributed by atoms with E-state index in [1.54, 1.807) is 33.8 Å². The van der Waals surface area contributed by atoms with Gasteiger partial charge in [0.2, 0.25) is 0 Å². The van der Waals surface area contributed by atoms with Gasteiger partial charge in [0.1, 0.15) is 5.75 Å². The van der Waals surface area contributed by atoms with E-state index in [2.05, 4.69) is 29.4 Å². The van der Waals surface area contributed by atoms with Gasteiger partial charge in [0.25, 0.3) is 0 Å². The largest absolute Gasteiger partial charge is 0.493 e. The summed E-state index contributed by atoms with van der Waals surface area (Å²) in [5, 5.41) is 4.32. The highest BCUT2D eigenvalue weighted by atomic mass is 16.5. The van der Waals surface area contributed by atoms with Gasteiger partial charge in [-0.1, -0.05) is 6.08 Å². The molecule has 1 N–H and O–H groups in total. The van der Waals surface area contributed by atoms with E-state index in [9.17, 15) is 0 Å². The molecule has 0 fully saturated rings. The summed E-state index contributed by atoms with van der Waals surface area (Å²) < 4.78 is 21.9. The fourth-order valence-electron chi connectivity index (χ4n) is 2.87. The first-order chi connectivity index (χ1) is 14.5. The van der Waals surface area contributed by atoms with Crippen molar-refractivity contribution < 1.29 is 18.9 Å². The third kappa shape index (κ3) is 6.26. The van der Waals surface area contributed by atoms with E-state index >= 15 is 0 Å². The normalized spacial score (nSPS) is 12.8. The quantitative estimate of drug-likeness (QED) is 0.318. The third-order valence-corrected chi connectivity index (χ3v) is 4.65. The van der Waals surface area contributed by atoms with Crippen molar-refractivity contribution in [3.63, 3.8) is 0 Å². The molecule has 2 aromatic rings. The molecular formula is C24H32N2O4. The summed E-state index contributed by atoms with van der Waals surface area (Å²) in [6.07, 6.45) is 8.56. The second kappa shape index (κ2) is 11.9. The summed E-state index contributed by atoms with van der Waals surface area (Å²) in [5.41, 5.74) is 4.00. The molecule has 0 aliphatic rings. The predicted octanol–water partition coefficient (Wildman–Crippen LogP) is 5.01. The molecule has 1 aromatic carbocycles. The van der Waals surface area contributed by atoms with Crippen LogP contribution in [-0.4, -0.2) is 39.5 Å². The molecule has 6 heteroatoms. The van der Waals surface area contributed by atoms with Crippen molar-refractivity contribution in [2.24, 2.45) is 0 Å². The van der Waals surface area contributed by atoms with E-state index in [0.29, 0.717) is 17.2 Å². The van der Waals surface area contributed by atoms with Crippen LogP contribution in [0, 0.1) is 0 Å². The molecule has 0 aliphatic carbocycles. The van der Waals surface area contributed by atoms with Crippen LogP contribution in [0.3, 0.4) is 0 Å². The number of allylic oxidation sites excluding steroid dienone is 4. The molecule has 6 nitrogen and oxygen atoms in total. The van der Waals surface area contributed by atoms with Gasteiger partial charge in [-0.3, -0.25) is 4.98 Å². The number of aromatic nitrogens is 1. The molecule has 0 radical (unpaired) electrons. The van der Waals surface area contributed by atoms with Crippen LogP contribution < -0.4 is 19.5 Å². The first kappa shape index (κ1) is 23.3. The molecule has 0 atom stereocenters.